The normalized spacial score (nSPS) is 17.4. The molecule has 0 spiro atoms. The van der Waals surface area contributed by atoms with E-state index < -0.39 is 15.6 Å². The van der Waals surface area contributed by atoms with Gasteiger partial charge >= 0.3 is 5.51 Å². The fraction of sp³-hybridized carbons (Fsp3) is 0.750. The highest BCUT2D eigenvalue weighted by atomic mass is 32.2. The molecule has 1 aliphatic rings. The molecule has 0 aromatic carbocycles. The average molecular weight is 371 g/mol. The Morgan fingerprint density at radius 1 is 1.04 bits per heavy atom. The van der Waals surface area contributed by atoms with Crippen molar-refractivity contribution in [3.63, 3.8) is 0 Å². The molecule has 0 bridgehead atoms. The first-order valence-electron chi connectivity index (χ1n) is 8.38. The van der Waals surface area contributed by atoms with Crippen LogP contribution in [-0.4, -0.2) is 25.0 Å². The molecule has 142 valence electrons. The smallest absolute Gasteiger partial charge is 0.485 e. The summed E-state index contributed by atoms with van der Waals surface area (Å²) in [4.78, 5) is 1.56. The van der Waals surface area contributed by atoms with E-state index in [9.17, 15) is 13.2 Å². The van der Waals surface area contributed by atoms with Gasteiger partial charge in [0.25, 0.3) is 0 Å². The van der Waals surface area contributed by atoms with Crippen LogP contribution in [-0.2, 0) is 10.1 Å². The summed E-state index contributed by atoms with van der Waals surface area (Å²) in [5.74, 6) is 0. The third-order valence-electron chi connectivity index (χ3n) is 3.55. The zero-order valence-electron chi connectivity index (χ0n) is 14.4. The van der Waals surface area contributed by atoms with Crippen molar-refractivity contribution in [2.45, 2.75) is 70.7 Å². The molecular formula is C16H28F3NO3S. The Morgan fingerprint density at radius 2 is 1.58 bits per heavy atom. The number of allylic oxidation sites excluding steroid dienone is 2. The lowest BCUT2D eigenvalue weighted by Gasteiger charge is -2.08. The van der Waals surface area contributed by atoms with Crippen molar-refractivity contribution in [3.05, 3.63) is 24.0 Å². The second-order valence-electron chi connectivity index (χ2n) is 5.80. The molecular weight excluding hydrogens is 343 g/mol. The molecule has 0 radical (unpaired) electrons. The summed E-state index contributed by atoms with van der Waals surface area (Å²) in [7, 11) is -6.09. The molecule has 0 fully saturated rings. The van der Waals surface area contributed by atoms with Gasteiger partial charge in [-0.3, -0.25) is 4.90 Å². The number of rotatable bonds is 9. The lowest BCUT2D eigenvalue weighted by molar-refractivity contribution is -0.788. The fourth-order valence-corrected chi connectivity index (χ4v) is 2.17. The lowest BCUT2D eigenvalue weighted by Crippen LogP contribution is -3.01. The minimum absolute atomic E-state index is 1.27. The van der Waals surface area contributed by atoms with Gasteiger partial charge in [0.1, 0.15) is 6.20 Å². The quantitative estimate of drug-likeness (QED) is 0.383. The van der Waals surface area contributed by atoms with Gasteiger partial charge in [0.05, 0.1) is 12.7 Å². The highest BCUT2D eigenvalue weighted by Crippen LogP contribution is 2.20. The first kappa shape index (κ1) is 23.1. The Bertz CT molecular complexity index is 499. The molecule has 1 heterocycles. The largest absolute Gasteiger partial charge is 0.741 e. The third-order valence-corrected chi connectivity index (χ3v) is 4.12. The standard InChI is InChI=1S/C15H27N.CHF3O3S/c1-3-5-7-8-9-12-16-13-11-15(14-16)10-6-4-2;2-1(3,4)8(5,6)7/h11,13-14H,3-10,12H2,1-2H3;(H,5,6,7). The Balaban J connectivity index is 0.000000561. The molecule has 0 aromatic rings. The van der Waals surface area contributed by atoms with Crippen molar-refractivity contribution in [1.29, 1.82) is 0 Å². The van der Waals surface area contributed by atoms with Crippen LogP contribution in [0.4, 0.5) is 13.2 Å². The van der Waals surface area contributed by atoms with Crippen molar-refractivity contribution < 1.29 is 31.0 Å². The molecule has 0 saturated carbocycles. The van der Waals surface area contributed by atoms with Crippen LogP contribution in [0, 0.1) is 0 Å². The Labute approximate surface area is 143 Å². The second-order valence-corrected chi connectivity index (χ2v) is 7.17. The van der Waals surface area contributed by atoms with E-state index >= 15 is 0 Å². The minimum Gasteiger partial charge on any atom is -0.741 e. The van der Waals surface area contributed by atoms with Crippen LogP contribution >= 0.6 is 0 Å². The van der Waals surface area contributed by atoms with Crippen LogP contribution < -0.4 is 4.90 Å². The van der Waals surface area contributed by atoms with E-state index in [2.05, 4.69) is 32.3 Å². The van der Waals surface area contributed by atoms with Crippen molar-refractivity contribution in [2.75, 3.05) is 6.54 Å². The number of quaternary nitrogens is 1. The van der Waals surface area contributed by atoms with E-state index in [-0.39, 0.29) is 0 Å². The summed E-state index contributed by atoms with van der Waals surface area (Å²) < 4.78 is 58.9. The molecule has 1 unspecified atom stereocenters. The van der Waals surface area contributed by atoms with E-state index in [4.69, 9.17) is 13.0 Å². The maximum absolute atomic E-state index is 10.7. The number of hydrogen-bond donors (Lipinski definition) is 1. The van der Waals surface area contributed by atoms with E-state index in [0.717, 1.165) is 0 Å². The molecule has 0 amide bonds. The summed E-state index contributed by atoms with van der Waals surface area (Å²) in [6.45, 7) is 5.82. The third kappa shape index (κ3) is 10.8. The monoisotopic (exact) mass is 371 g/mol. The number of halogens is 3. The molecule has 0 aliphatic carbocycles. The topological polar surface area (TPSA) is 61.6 Å². The predicted octanol–water partition coefficient (Wildman–Crippen LogP) is 3.49. The first-order chi connectivity index (χ1) is 11.1. The molecule has 1 atom stereocenters. The highest BCUT2D eigenvalue weighted by molar-refractivity contribution is 7.86. The fourth-order valence-electron chi connectivity index (χ4n) is 2.17. The van der Waals surface area contributed by atoms with Gasteiger partial charge in [0, 0.05) is 11.6 Å². The van der Waals surface area contributed by atoms with E-state index in [1.54, 1.807) is 10.5 Å². The molecule has 1 rings (SSSR count). The van der Waals surface area contributed by atoms with E-state index in [1.807, 2.05) is 0 Å². The maximum Gasteiger partial charge on any atom is 0.485 e. The maximum atomic E-state index is 10.7. The number of alkyl halides is 3. The van der Waals surface area contributed by atoms with Crippen molar-refractivity contribution >= 4 is 10.1 Å². The first-order valence-corrected chi connectivity index (χ1v) is 9.79. The van der Waals surface area contributed by atoms with Crippen LogP contribution in [0.1, 0.15) is 65.2 Å². The van der Waals surface area contributed by atoms with Gasteiger partial charge in [-0.2, -0.15) is 13.2 Å². The van der Waals surface area contributed by atoms with Crippen LogP contribution in [0.15, 0.2) is 24.0 Å². The minimum atomic E-state index is -6.09. The Morgan fingerprint density at radius 3 is 2.08 bits per heavy atom. The molecule has 1 N–H and O–H groups in total. The van der Waals surface area contributed by atoms with E-state index in [0.29, 0.717) is 0 Å². The molecule has 24 heavy (non-hydrogen) atoms. The number of unbranched alkanes of at least 4 members (excludes halogenated alkanes) is 5. The zero-order valence-corrected chi connectivity index (χ0v) is 15.2. The SMILES string of the molecule is CCCCCCC[NH+]1C=CC(CCCC)=C1.O=S(=O)([O-])C(F)(F)F. The molecule has 0 aromatic heterocycles. The van der Waals surface area contributed by atoms with Crippen molar-refractivity contribution in [2.24, 2.45) is 0 Å². The number of hydrogen-bond acceptors (Lipinski definition) is 3. The lowest BCUT2D eigenvalue weighted by atomic mass is 10.1. The summed E-state index contributed by atoms with van der Waals surface area (Å²) in [6.07, 6.45) is 17.9. The van der Waals surface area contributed by atoms with Crippen molar-refractivity contribution in [3.8, 4) is 0 Å². The second kappa shape index (κ2) is 11.7. The average Bonchev–Trinajstić information content (AvgIpc) is 2.91. The Hall–Kier alpha value is -0.860. The molecule has 4 nitrogen and oxygen atoms in total. The van der Waals surface area contributed by atoms with E-state index in [1.165, 1.54) is 57.9 Å². The van der Waals surface area contributed by atoms with Crippen LogP contribution in [0.2, 0.25) is 0 Å². The van der Waals surface area contributed by atoms with Gasteiger partial charge in [-0.25, -0.2) is 8.42 Å². The van der Waals surface area contributed by atoms with Gasteiger partial charge in [-0.1, -0.05) is 39.5 Å². The van der Waals surface area contributed by atoms with Crippen LogP contribution in [0.5, 0.6) is 0 Å². The van der Waals surface area contributed by atoms with Gasteiger partial charge < -0.3 is 4.55 Å². The predicted molar refractivity (Wildman–Crippen MR) is 87.1 cm³/mol. The van der Waals surface area contributed by atoms with Crippen LogP contribution in [0.25, 0.3) is 0 Å². The van der Waals surface area contributed by atoms with Gasteiger partial charge in [0.2, 0.25) is 0 Å². The van der Waals surface area contributed by atoms with Gasteiger partial charge in [0.15, 0.2) is 10.1 Å². The summed E-state index contributed by atoms with van der Waals surface area (Å²) in [6, 6.07) is 0. The van der Waals surface area contributed by atoms with Crippen molar-refractivity contribution in [1.82, 2.24) is 0 Å². The van der Waals surface area contributed by atoms with Gasteiger partial charge in [-0.05, 0) is 25.7 Å². The number of nitrogens with one attached hydrogen (secondary N) is 1. The summed E-state index contributed by atoms with van der Waals surface area (Å²) in [5, 5.41) is 0. The van der Waals surface area contributed by atoms with Crippen LogP contribution in [0.3, 0.4) is 0 Å². The molecule has 0 saturated heterocycles. The molecule has 1 aliphatic heterocycles. The highest BCUT2D eigenvalue weighted by Gasteiger charge is 2.36. The zero-order chi connectivity index (χ0) is 18.6. The summed E-state index contributed by atoms with van der Waals surface area (Å²) >= 11 is 0. The van der Waals surface area contributed by atoms with Gasteiger partial charge in [-0.15, -0.1) is 0 Å². The summed E-state index contributed by atoms with van der Waals surface area (Å²) in [5.41, 5.74) is -4.10. The Kier molecular flexibility index (Phi) is 11.2. The molecule has 8 heteroatoms.